The lowest BCUT2D eigenvalue weighted by atomic mass is 9.91. The van der Waals surface area contributed by atoms with Crippen LogP contribution in [0.3, 0.4) is 0 Å². The Labute approximate surface area is 110 Å². The zero-order chi connectivity index (χ0) is 12.6. The van der Waals surface area contributed by atoms with E-state index >= 15 is 0 Å². The number of nitrogens with zero attached hydrogens (tertiary/aromatic N) is 1. The first-order chi connectivity index (χ1) is 8.90. The molecule has 3 heteroatoms. The largest absolute Gasteiger partial charge is 0.480 e. The first-order valence-electron chi connectivity index (χ1n) is 7.13. The van der Waals surface area contributed by atoms with Gasteiger partial charge < -0.3 is 10.1 Å². The van der Waals surface area contributed by atoms with Gasteiger partial charge in [-0.25, -0.2) is 4.98 Å². The summed E-state index contributed by atoms with van der Waals surface area (Å²) in [4.78, 5) is 4.21. The Morgan fingerprint density at radius 2 is 1.94 bits per heavy atom. The molecule has 1 aromatic rings. The molecule has 1 saturated carbocycles. The van der Waals surface area contributed by atoms with E-state index in [1.165, 1.54) is 44.9 Å². The van der Waals surface area contributed by atoms with E-state index in [0.717, 1.165) is 18.2 Å². The molecular weight excluding hydrogens is 224 g/mol. The van der Waals surface area contributed by atoms with Crippen LogP contribution in [-0.2, 0) is 0 Å². The number of pyridine rings is 1. The number of ether oxygens (including phenoxy) is 1. The lowest BCUT2D eigenvalue weighted by Crippen LogP contribution is -2.16. The lowest BCUT2D eigenvalue weighted by molar-refractivity contribution is 0.387. The number of hydrogen-bond donors (Lipinski definition) is 1. The molecule has 0 radical (unpaired) electrons. The van der Waals surface area contributed by atoms with Crippen molar-refractivity contribution in [3.63, 3.8) is 0 Å². The minimum atomic E-state index is 0.698. The quantitative estimate of drug-likeness (QED) is 0.878. The van der Waals surface area contributed by atoms with E-state index in [-0.39, 0.29) is 0 Å². The standard InChI is InChI=1S/C15H24N2O/c1-18-15-14(10-7-11-16-15)17-12-13-8-5-3-2-4-6-9-13/h7,10-11,13,17H,2-6,8-9,12H2,1H3. The summed E-state index contributed by atoms with van der Waals surface area (Å²) in [6, 6.07) is 3.98. The van der Waals surface area contributed by atoms with Gasteiger partial charge in [0.05, 0.1) is 12.8 Å². The van der Waals surface area contributed by atoms with Crippen molar-refractivity contribution in [2.24, 2.45) is 5.92 Å². The predicted molar refractivity (Wildman–Crippen MR) is 75.1 cm³/mol. The first-order valence-corrected chi connectivity index (χ1v) is 7.13. The second-order valence-electron chi connectivity index (χ2n) is 5.15. The summed E-state index contributed by atoms with van der Waals surface area (Å²) in [6.45, 7) is 1.04. The Hall–Kier alpha value is -1.25. The van der Waals surface area contributed by atoms with E-state index in [9.17, 15) is 0 Å². The molecule has 1 fully saturated rings. The van der Waals surface area contributed by atoms with Crippen molar-refractivity contribution in [1.82, 2.24) is 4.98 Å². The number of anilines is 1. The van der Waals surface area contributed by atoms with Crippen LogP contribution in [-0.4, -0.2) is 18.6 Å². The van der Waals surface area contributed by atoms with E-state index in [1.807, 2.05) is 12.1 Å². The third kappa shape index (κ3) is 3.90. The summed E-state index contributed by atoms with van der Waals surface area (Å²) >= 11 is 0. The number of rotatable bonds is 4. The fraction of sp³-hybridized carbons (Fsp3) is 0.667. The number of hydrogen-bond acceptors (Lipinski definition) is 3. The van der Waals surface area contributed by atoms with E-state index in [1.54, 1.807) is 13.3 Å². The molecule has 2 rings (SSSR count). The van der Waals surface area contributed by atoms with Gasteiger partial charge in [-0.05, 0) is 30.9 Å². The van der Waals surface area contributed by atoms with Crippen molar-refractivity contribution in [2.75, 3.05) is 19.0 Å². The summed E-state index contributed by atoms with van der Waals surface area (Å²) in [5.41, 5.74) is 1.02. The molecule has 1 N–H and O–H groups in total. The van der Waals surface area contributed by atoms with Crippen molar-refractivity contribution in [2.45, 2.75) is 44.9 Å². The molecule has 1 aliphatic rings. The van der Waals surface area contributed by atoms with Crippen LogP contribution >= 0.6 is 0 Å². The molecule has 0 atom stereocenters. The van der Waals surface area contributed by atoms with Gasteiger partial charge in [-0.2, -0.15) is 0 Å². The van der Waals surface area contributed by atoms with Crippen LogP contribution in [0.1, 0.15) is 44.9 Å². The molecule has 1 aromatic heterocycles. The van der Waals surface area contributed by atoms with Crippen LogP contribution in [0.2, 0.25) is 0 Å². The van der Waals surface area contributed by atoms with Gasteiger partial charge in [0.25, 0.3) is 0 Å². The topological polar surface area (TPSA) is 34.1 Å². The van der Waals surface area contributed by atoms with Crippen molar-refractivity contribution in [1.29, 1.82) is 0 Å². The Morgan fingerprint density at radius 1 is 1.22 bits per heavy atom. The summed E-state index contributed by atoms with van der Waals surface area (Å²) in [6.07, 6.45) is 11.5. The van der Waals surface area contributed by atoms with Crippen LogP contribution in [0.5, 0.6) is 5.88 Å². The molecule has 100 valence electrons. The van der Waals surface area contributed by atoms with Gasteiger partial charge >= 0.3 is 0 Å². The smallest absolute Gasteiger partial charge is 0.237 e. The number of methoxy groups -OCH3 is 1. The molecule has 18 heavy (non-hydrogen) atoms. The van der Waals surface area contributed by atoms with Crippen molar-refractivity contribution in [3.8, 4) is 5.88 Å². The zero-order valence-corrected chi connectivity index (χ0v) is 11.3. The highest BCUT2D eigenvalue weighted by atomic mass is 16.5. The average molecular weight is 248 g/mol. The SMILES string of the molecule is COc1ncccc1NCC1CCCCCCC1. The summed E-state index contributed by atoms with van der Waals surface area (Å²) in [5, 5.41) is 3.49. The maximum atomic E-state index is 5.26. The zero-order valence-electron chi connectivity index (χ0n) is 11.3. The van der Waals surface area contributed by atoms with E-state index in [0.29, 0.717) is 5.88 Å². The van der Waals surface area contributed by atoms with Crippen LogP contribution in [0, 0.1) is 5.92 Å². The highest BCUT2D eigenvalue weighted by molar-refractivity contribution is 5.51. The summed E-state index contributed by atoms with van der Waals surface area (Å²) < 4.78 is 5.26. The summed E-state index contributed by atoms with van der Waals surface area (Å²) in [7, 11) is 1.67. The molecule has 0 amide bonds. The van der Waals surface area contributed by atoms with Gasteiger partial charge in [0.1, 0.15) is 0 Å². The second kappa shape index (κ2) is 7.24. The summed E-state index contributed by atoms with van der Waals surface area (Å²) in [5.74, 6) is 1.50. The molecule has 1 aliphatic carbocycles. The first kappa shape index (κ1) is 13.2. The molecule has 3 nitrogen and oxygen atoms in total. The highest BCUT2D eigenvalue weighted by Gasteiger charge is 2.12. The minimum Gasteiger partial charge on any atom is -0.480 e. The molecule has 0 saturated heterocycles. The highest BCUT2D eigenvalue weighted by Crippen LogP contribution is 2.25. The molecular formula is C15H24N2O. The van der Waals surface area contributed by atoms with Gasteiger partial charge in [-0.1, -0.05) is 32.1 Å². The molecule has 0 spiro atoms. The van der Waals surface area contributed by atoms with Gasteiger partial charge in [0.2, 0.25) is 5.88 Å². The molecule has 0 aromatic carbocycles. The van der Waals surface area contributed by atoms with Crippen LogP contribution < -0.4 is 10.1 Å². The Kier molecular flexibility index (Phi) is 5.31. The molecule has 0 bridgehead atoms. The van der Waals surface area contributed by atoms with E-state index in [4.69, 9.17) is 4.74 Å². The molecule has 1 heterocycles. The monoisotopic (exact) mass is 248 g/mol. The Morgan fingerprint density at radius 3 is 2.67 bits per heavy atom. The van der Waals surface area contributed by atoms with Gasteiger partial charge in [-0.3, -0.25) is 0 Å². The molecule has 0 unspecified atom stereocenters. The van der Waals surface area contributed by atoms with E-state index in [2.05, 4.69) is 10.3 Å². The van der Waals surface area contributed by atoms with Crippen LogP contribution in [0.4, 0.5) is 5.69 Å². The third-order valence-corrected chi connectivity index (χ3v) is 3.77. The van der Waals surface area contributed by atoms with E-state index < -0.39 is 0 Å². The number of aromatic nitrogens is 1. The van der Waals surface area contributed by atoms with Gasteiger partial charge in [0.15, 0.2) is 0 Å². The minimum absolute atomic E-state index is 0.698. The normalized spacial score (nSPS) is 17.8. The Balaban J connectivity index is 1.85. The van der Waals surface area contributed by atoms with Crippen molar-refractivity contribution < 1.29 is 4.74 Å². The number of nitrogens with one attached hydrogen (secondary N) is 1. The second-order valence-corrected chi connectivity index (χ2v) is 5.15. The average Bonchev–Trinajstić information content (AvgIpc) is 2.38. The third-order valence-electron chi connectivity index (χ3n) is 3.77. The van der Waals surface area contributed by atoms with Crippen molar-refractivity contribution in [3.05, 3.63) is 18.3 Å². The van der Waals surface area contributed by atoms with Gasteiger partial charge in [-0.15, -0.1) is 0 Å². The van der Waals surface area contributed by atoms with Crippen LogP contribution in [0.15, 0.2) is 18.3 Å². The van der Waals surface area contributed by atoms with Gasteiger partial charge in [0, 0.05) is 12.7 Å². The fourth-order valence-corrected chi connectivity index (χ4v) is 2.69. The Bertz CT molecular complexity index is 346. The molecule has 0 aliphatic heterocycles. The maximum Gasteiger partial charge on any atom is 0.237 e. The lowest BCUT2D eigenvalue weighted by Gasteiger charge is -2.21. The predicted octanol–water partition coefficient (Wildman–Crippen LogP) is 3.86. The maximum absolute atomic E-state index is 5.26. The fourth-order valence-electron chi connectivity index (χ4n) is 2.69. The van der Waals surface area contributed by atoms with Crippen molar-refractivity contribution >= 4 is 5.69 Å². The van der Waals surface area contributed by atoms with Crippen LogP contribution in [0.25, 0.3) is 0 Å².